The molecule has 0 atom stereocenters. The summed E-state index contributed by atoms with van der Waals surface area (Å²) < 4.78 is 25.6. The van der Waals surface area contributed by atoms with E-state index in [0.717, 1.165) is 6.54 Å². The summed E-state index contributed by atoms with van der Waals surface area (Å²) in [5.41, 5.74) is 0. The van der Waals surface area contributed by atoms with E-state index in [1.165, 1.54) is 38.5 Å². The molecule has 0 bridgehead atoms. The van der Waals surface area contributed by atoms with Crippen LogP contribution in [0.25, 0.3) is 0 Å². The standard InChI is InChI=1S/C13H28N2O2S/c1-13(2,3)18(16,17)15-11-10-14-12-8-6-4-5-7-9-12/h12,14-15H,4-11H2,1-3H3. The molecule has 18 heavy (non-hydrogen) atoms. The van der Waals surface area contributed by atoms with Gasteiger partial charge in [0, 0.05) is 19.1 Å². The van der Waals surface area contributed by atoms with Crippen molar-refractivity contribution in [2.75, 3.05) is 13.1 Å². The van der Waals surface area contributed by atoms with E-state index in [-0.39, 0.29) is 0 Å². The van der Waals surface area contributed by atoms with E-state index < -0.39 is 14.8 Å². The first-order valence-corrected chi connectivity index (χ1v) is 8.54. The summed E-state index contributed by atoms with van der Waals surface area (Å²) in [6.07, 6.45) is 7.73. The first kappa shape index (κ1) is 15.9. The lowest BCUT2D eigenvalue weighted by molar-refractivity contribution is 0.460. The Labute approximate surface area is 112 Å². The lowest BCUT2D eigenvalue weighted by atomic mass is 10.1. The van der Waals surface area contributed by atoms with Crippen LogP contribution < -0.4 is 10.0 Å². The third-order valence-electron chi connectivity index (χ3n) is 3.51. The average Bonchev–Trinajstić information content (AvgIpc) is 2.51. The Balaban J connectivity index is 2.22. The Morgan fingerprint density at radius 3 is 2.06 bits per heavy atom. The third-order valence-corrected chi connectivity index (χ3v) is 5.71. The molecule has 0 unspecified atom stereocenters. The van der Waals surface area contributed by atoms with Crippen molar-refractivity contribution in [3.63, 3.8) is 0 Å². The molecule has 2 N–H and O–H groups in total. The lowest BCUT2D eigenvalue weighted by Crippen LogP contribution is -2.43. The van der Waals surface area contributed by atoms with E-state index >= 15 is 0 Å². The molecule has 0 radical (unpaired) electrons. The first-order valence-electron chi connectivity index (χ1n) is 7.05. The SMILES string of the molecule is CC(C)(C)S(=O)(=O)NCCNC1CCCCCC1. The summed E-state index contributed by atoms with van der Waals surface area (Å²) in [4.78, 5) is 0. The largest absolute Gasteiger partial charge is 0.313 e. The van der Waals surface area contributed by atoms with Crippen molar-refractivity contribution in [1.29, 1.82) is 0 Å². The van der Waals surface area contributed by atoms with E-state index in [4.69, 9.17) is 0 Å². The molecule has 0 aliphatic heterocycles. The predicted octanol–water partition coefficient (Wildman–Crippen LogP) is 2.02. The molecule has 1 rings (SSSR count). The summed E-state index contributed by atoms with van der Waals surface area (Å²) in [5, 5.41) is 3.46. The molecule has 0 saturated heterocycles. The van der Waals surface area contributed by atoms with Gasteiger partial charge in [0.05, 0.1) is 4.75 Å². The highest BCUT2D eigenvalue weighted by molar-refractivity contribution is 7.90. The van der Waals surface area contributed by atoms with Crippen LogP contribution in [0.15, 0.2) is 0 Å². The molecule has 1 fully saturated rings. The van der Waals surface area contributed by atoms with Crippen molar-refractivity contribution in [2.24, 2.45) is 0 Å². The van der Waals surface area contributed by atoms with Crippen molar-refractivity contribution >= 4 is 10.0 Å². The van der Waals surface area contributed by atoms with Gasteiger partial charge >= 0.3 is 0 Å². The number of sulfonamides is 1. The fourth-order valence-corrected chi connectivity index (χ4v) is 2.97. The molecule has 1 saturated carbocycles. The maximum atomic E-state index is 11.8. The summed E-state index contributed by atoms with van der Waals surface area (Å²) in [7, 11) is -3.20. The Morgan fingerprint density at radius 2 is 1.56 bits per heavy atom. The highest BCUT2D eigenvalue weighted by Gasteiger charge is 2.28. The number of hydrogen-bond donors (Lipinski definition) is 2. The minimum Gasteiger partial charge on any atom is -0.313 e. The first-order chi connectivity index (χ1) is 8.33. The molecule has 108 valence electrons. The molecule has 0 heterocycles. The summed E-state index contributed by atoms with van der Waals surface area (Å²) in [5.74, 6) is 0. The van der Waals surface area contributed by atoms with Gasteiger partial charge in [-0.15, -0.1) is 0 Å². The summed E-state index contributed by atoms with van der Waals surface area (Å²) in [6, 6.07) is 0.576. The van der Waals surface area contributed by atoms with Gasteiger partial charge in [0.15, 0.2) is 0 Å². The van der Waals surface area contributed by atoms with Crippen molar-refractivity contribution in [1.82, 2.24) is 10.0 Å². The monoisotopic (exact) mass is 276 g/mol. The minimum absolute atomic E-state index is 0.482. The second-order valence-corrected chi connectivity index (χ2v) is 8.67. The van der Waals surface area contributed by atoms with Gasteiger partial charge in [0.1, 0.15) is 0 Å². The van der Waals surface area contributed by atoms with E-state index in [0.29, 0.717) is 12.6 Å². The van der Waals surface area contributed by atoms with Gasteiger partial charge in [-0.3, -0.25) is 0 Å². The van der Waals surface area contributed by atoms with Gasteiger partial charge in [0.2, 0.25) is 10.0 Å². The highest BCUT2D eigenvalue weighted by Crippen LogP contribution is 2.17. The minimum atomic E-state index is -3.20. The Bertz CT molecular complexity index is 325. The highest BCUT2D eigenvalue weighted by atomic mass is 32.2. The molecular formula is C13H28N2O2S. The average molecular weight is 276 g/mol. The molecular weight excluding hydrogens is 248 g/mol. The molecule has 0 spiro atoms. The number of hydrogen-bond acceptors (Lipinski definition) is 3. The molecule has 4 nitrogen and oxygen atoms in total. The van der Waals surface area contributed by atoms with Crippen LogP contribution in [0, 0.1) is 0 Å². The van der Waals surface area contributed by atoms with Crippen LogP contribution in [0.1, 0.15) is 59.3 Å². The van der Waals surface area contributed by atoms with Gasteiger partial charge in [-0.2, -0.15) is 0 Å². The van der Waals surface area contributed by atoms with Crippen molar-refractivity contribution < 1.29 is 8.42 Å². The molecule has 1 aliphatic carbocycles. The van der Waals surface area contributed by atoms with Gasteiger partial charge in [-0.05, 0) is 33.6 Å². The molecule has 1 aliphatic rings. The van der Waals surface area contributed by atoms with Crippen LogP contribution in [0.2, 0.25) is 0 Å². The topological polar surface area (TPSA) is 58.2 Å². The Kier molecular flexibility index (Phi) is 6.08. The van der Waals surface area contributed by atoms with E-state index in [2.05, 4.69) is 10.0 Å². The van der Waals surface area contributed by atoms with Crippen LogP contribution in [0.3, 0.4) is 0 Å². The molecule has 0 aromatic heterocycles. The predicted molar refractivity (Wildman–Crippen MR) is 76.2 cm³/mol. The number of rotatable bonds is 5. The maximum absolute atomic E-state index is 11.8. The maximum Gasteiger partial charge on any atom is 0.216 e. The quantitative estimate of drug-likeness (QED) is 0.596. The second-order valence-electron chi connectivity index (χ2n) is 6.15. The van der Waals surface area contributed by atoms with Crippen molar-refractivity contribution in [2.45, 2.75) is 70.1 Å². The smallest absolute Gasteiger partial charge is 0.216 e. The van der Waals surface area contributed by atoms with Crippen LogP contribution in [0.4, 0.5) is 0 Å². The number of nitrogens with one attached hydrogen (secondary N) is 2. The van der Waals surface area contributed by atoms with E-state index in [1.807, 2.05) is 0 Å². The zero-order valence-electron chi connectivity index (χ0n) is 12.0. The second kappa shape index (κ2) is 6.87. The van der Waals surface area contributed by atoms with Gasteiger partial charge in [-0.25, -0.2) is 13.1 Å². The van der Waals surface area contributed by atoms with E-state index in [9.17, 15) is 8.42 Å². The fourth-order valence-electron chi connectivity index (χ4n) is 2.16. The van der Waals surface area contributed by atoms with Crippen LogP contribution in [-0.4, -0.2) is 32.3 Å². The van der Waals surface area contributed by atoms with Gasteiger partial charge < -0.3 is 5.32 Å². The van der Waals surface area contributed by atoms with Gasteiger partial charge in [0.25, 0.3) is 0 Å². The van der Waals surface area contributed by atoms with Crippen molar-refractivity contribution in [3.05, 3.63) is 0 Å². The molecule has 0 aromatic rings. The zero-order chi connectivity index (χ0) is 13.6. The summed E-state index contributed by atoms with van der Waals surface area (Å²) in [6.45, 7) is 6.35. The molecule has 0 aromatic carbocycles. The third kappa shape index (κ3) is 5.24. The normalized spacial score (nSPS) is 19.7. The molecule has 0 amide bonds. The van der Waals surface area contributed by atoms with Gasteiger partial charge in [-0.1, -0.05) is 25.7 Å². The van der Waals surface area contributed by atoms with Crippen LogP contribution in [0.5, 0.6) is 0 Å². The van der Waals surface area contributed by atoms with Crippen LogP contribution in [-0.2, 0) is 10.0 Å². The Hall–Kier alpha value is -0.130. The van der Waals surface area contributed by atoms with Crippen molar-refractivity contribution in [3.8, 4) is 0 Å². The summed E-state index contributed by atoms with van der Waals surface area (Å²) >= 11 is 0. The lowest BCUT2D eigenvalue weighted by Gasteiger charge is -2.21. The zero-order valence-corrected chi connectivity index (χ0v) is 12.8. The fraction of sp³-hybridized carbons (Fsp3) is 1.00. The molecule has 5 heteroatoms. The Morgan fingerprint density at radius 1 is 1.00 bits per heavy atom. The van der Waals surface area contributed by atoms with E-state index in [1.54, 1.807) is 20.8 Å². The van der Waals surface area contributed by atoms with Crippen LogP contribution >= 0.6 is 0 Å².